The Labute approximate surface area is 106 Å². The first-order valence-corrected chi connectivity index (χ1v) is 5.94. The number of nitrogens with one attached hydrogen (secondary N) is 2. The highest BCUT2D eigenvalue weighted by molar-refractivity contribution is 5.92. The topological polar surface area (TPSA) is 102 Å². The summed E-state index contributed by atoms with van der Waals surface area (Å²) in [6, 6.07) is 0. The number of hydrogen-bond acceptors (Lipinski definition) is 4. The van der Waals surface area contributed by atoms with E-state index in [1.54, 1.807) is 17.1 Å². The summed E-state index contributed by atoms with van der Waals surface area (Å²) in [7, 11) is 0. The summed E-state index contributed by atoms with van der Waals surface area (Å²) in [6.07, 6.45) is 3.46. The fraction of sp³-hybridized carbons (Fsp3) is 0.545. The molecular weight excluding hydrogens is 234 g/mol. The van der Waals surface area contributed by atoms with Gasteiger partial charge in [-0.25, -0.2) is 4.98 Å². The summed E-state index contributed by atoms with van der Waals surface area (Å²) in [5.74, 6) is -0.360. The molecule has 0 atom stereocenters. The SMILES string of the molecule is CCNC(=O)CCNC(=O)c1cn(CCN)cn1. The first-order chi connectivity index (χ1) is 8.67. The Balaban J connectivity index is 2.33. The standard InChI is InChI=1S/C11H19N5O2/c1-2-13-10(17)3-5-14-11(18)9-7-16(6-4-12)8-15-9/h7-8H,2-6,12H2,1H3,(H,13,17)(H,14,18). The van der Waals surface area contributed by atoms with Crippen molar-refractivity contribution in [1.29, 1.82) is 0 Å². The van der Waals surface area contributed by atoms with Crippen molar-refractivity contribution in [2.45, 2.75) is 19.9 Å². The van der Waals surface area contributed by atoms with Crippen LogP contribution in [0.25, 0.3) is 0 Å². The first kappa shape index (κ1) is 14.2. The summed E-state index contributed by atoms with van der Waals surface area (Å²) >= 11 is 0. The van der Waals surface area contributed by atoms with Crippen LogP contribution in [0.3, 0.4) is 0 Å². The molecule has 0 aliphatic heterocycles. The van der Waals surface area contributed by atoms with Crippen LogP contribution in [0.5, 0.6) is 0 Å². The Bertz CT molecular complexity index is 402. The second-order valence-corrected chi connectivity index (χ2v) is 3.74. The molecule has 4 N–H and O–H groups in total. The summed E-state index contributed by atoms with van der Waals surface area (Å²) in [4.78, 5) is 26.8. The van der Waals surface area contributed by atoms with Crippen molar-refractivity contribution >= 4 is 11.8 Å². The van der Waals surface area contributed by atoms with Crippen LogP contribution in [0.4, 0.5) is 0 Å². The third-order valence-corrected chi connectivity index (χ3v) is 2.26. The fourth-order valence-electron chi connectivity index (χ4n) is 1.41. The van der Waals surface area contributed by atoms with Gasteiger partial charge in [0.1, 0.15) is 5.69 Å². The quantitative estimate of drug-likeness (QED) is 0.586. The number of carbonyl (C=O) groups is 2. The Kier molecular flexibility index (Phi) is 5.86. The van der Waals surface area contributed by atoms with Crippen LogP contribution in [0.1, 0.15) is 23.8 Å². The van der Waals surface area contributed by atoms with E-state index in [0.717, 1.165) is 0 Å². The fourth-order valence-corrected chi connectivity index (χ4v) is 1.41. The van der Waals surface area contributed by atoms with Crippen LogP contribution in [0.15, 0.2) is 12.5 Å². The monoisotopic (exact) mass is 253 g/mol. The zero-order valence-electron chi connectivity index (χ0n) is 10.5. The van der Waals surface area contributed by atoms with Crippen molar-refractivity contribution in [3.05, 3.63) is 18.2 Å². The van der Waals surface area contributed by atoms with Gasteiger partial charge in [-0.1, -0.05) is 0 Å². The highest BCUT2D eigenvalue weighted by Gasteiger charge is 2.09. The number of rotatable bonds is 7. The number of nitrogens with two attached hydrogens (primary N) is 1. The Morgan fingerprint density at radius 3 is 2.89 bits per heavy atom. The van der Waals surface area contributed by atoms with E-state index in [1.165, 1.54) is 0 Å². The zero-order valence-corrected chi connectivity index (χ0v) is 10.5. The van der Waals surface area contributed by atoms with E-state index < -0.39 is 0 Å². The number of amides is 2. The number of nitrogens with zero attached hydrogens (tertiary/aromatic N) is 2. The van der Waals surface area contributed by atoms with Gasteiger partial charge in [0.25, 0.3) is 5.91 Å². The van der Waals surface area contributed by atoms with Crippen molar-refractivity contribution < 1.29 is 9.59 Å². The van der Waals surface area contributed by atoms with E-state index in [9.17, 15) is 9.59 Å². The van der Waals surface area contributed by atoms with Gasteiger partial charge in [-0.05, 0) is 6.92 Å². The summed E-state index contributed by atoms with van der Waals surface area (Å²) in [5.41, 5.74) is 5.73. The first-order valence-electron chi connectivity index (χ1n) is 5.94. The molecule has 0 aliphatic rings. The largest absolute Gasteiger partial charge is 0.356 e. The molecule has 0 radical (unpaired) electrons. The Morgan fingerprint density at radius 1 is 1.44 bits per heavy atom. The molecule has 0 saturated heterocycles. The van der Waals surface area contributed by atoms with Crippen molar-refractivity contribution in [2.24, 2.45) is 5.73 Å². The van der Waals surface area contributed by atoms with E-state index in [4.69, 9.17) is 5.73 Å². The molecule has 7 nitrogen and oxygen atoms in total. The predicted octanol–water partition coefficient (Wildman–Crippen LogP) is -0.902. The molecule has 1 heterocycles. The molecule has 7 heteroatoms. The maximum absolute atomic E-state index is 11.7. The number of carbonyl (C=O) groups excluding carboxylic acids is 2. The van der Waals surface area contributed by atoms with Gasteiger partial charge in [0.15, 0.2) is 0 Å². The minimum absolute atomic E-state index is 0.0774. The van der Waals surface area contributed by atoms with Gasteiger partial charge in [0, 0.05) is 38.8 Å². The van der Waals surface area contributed by atoms with Gasteiger partial charge in [-0.3, -0.25) is 9.59 Å². The highest BCUT2D eigenvalue weighted by atomic mass is 16.2. The number of hydrogen-bond donors (Lipinski definition) is 3. The molecule has 2 amide bonds. The molecule has 0 bridgehead atoms. The smallest absolute Gasteiger partial charge is 0.271 e. The van der Waals surface area contributed by atoms with E-state index >= 15 is 0 Å². The lowest BCUT2D eigenvalue weighted by Gasteiger charge is -2.03. The third-order valence-electron chi connectivity index (χ3n) is 2.26. The predicted molar refractivity (Wildman–Crippen MR) is 66.9 cm³/mol. The van der Waals surface area contributed by atoms with Crippen molar-refractivity contribution in [3.63, 3.8) is 0 Å². The van der Waals surface area contributed by atoms with Gasteiger partial charge < -0.3 is 20.9 Å². The molecule has 0 aromatic carbocycles. The molecule has 1 aromatic heterocycles. The van der Waals surface area contributed by atoms with Crippen LogP contribution in [-0.4, -0.2) is 41.0 Å². The summed E-state index contributed by atoms with van der Waals surface area (Å²) in [6.45, 7) is 3.86. The highest BCUT2D eigenvalue weighted by Crippen LogP contribution is 1.95. The lowest BCUT2D eigenvalue weighted by atomic mass is 10.3. The summed E-state index contributed by atoms with van der Waals surface area (Å²) in [5, 5.41) is 5.29. The average Bonchev–Trinajstić information content (AvgIpc) is 2.78. The van der Waals surface area contributed by atoms with E-state index in [0.29, 0.717) is 31.9 Å². The molecule has 100 valence electrons. The van der Waals surface area contributed by atoms with Crippen molar-refractivity contribution in [1.82, 2.24) is 20.2 Å². The Morgan fingerprint density at radius 2 is 2.22 bits per heavy atom. The molecule has 0 unspecified atom stereocenters. The molecule has 1 aromatic rings. The molecular formula is C11H19N5O2. The number of imidazole rings is 1. The van der Waals surface area contributed by atoms with Crippen LogP contribution in [0.2, 0.25) is 0 Å². The maximum Gasteiger partial charge on any atom is 0.271 e. The summed E-state index contributed by atoms with van der Waals surface area (Å²) < 4.78 is 1.75. The lowest BCUT2D eigenvalue weighted by Crippen LogP contribution is -2.30. The number of aromatic nitrogens is 2. The molecule has 1 rings (SSSR count). The molecule has 0 aliphatic carbocycles. The molecule has 0 fully saturated rings. The molecule has 0 spiro atoms. The van der Waals surface area contributed by atoms with Crippen molar-refractivity contribution in [2.75, 3.05) is 19.6 Å². The van der Waals surface area contributed by atoms with E-state index in [1.807, 2.05) is 6.92 Å². The van der Waals surface area contributed by atoms with Crippen LogP contribution < -0.4 is 16.4 Å². The minimum Gasteiger partial charge on any atom is -0.356 e. The zero-order chi connectivity index (χ0) is 13.4. The van der Waals surface area contributed by atoms with E-state index in [-0.39, 0.29) is 18.2 Å². The second kappa shape index (κ2) is 7.44. The normalized spacial score (nSPS) is 10.1. The Hall–Kier alpha value is -1.89. The van der Waals surface area contributed by atoms with Crippen LogP contribution >= 0.6 is 0 Å². The van der Waals surface area contributed by atoms with Gasteiger partial charge in [-0.2, -0.15) is 0 Å². The molecule has 0 saturated carbocycles. The van der Waals surface area contributed by atoms with Gasteiger partial charge in [0.2, 0.25) is 5.91 Å². The van der Waals surface area contributed by atoms with Crippen LogP contribution in [0, 0.1) is 0 Å². The average molecular weight is 253 g/mol. The van der Waals surface area contributed by atoms with Crippen LogP contribution in [-0.2, 0) is 11.3 Å². The lowest BCUT2D eigenvalue weighted by molar-refractivity contribution is -0.120. The van der Waals surface area contributed by atoms with Gasteiger partial charge in [0.05, 0.1) is 6.33 Å². The van der Waals surface area contributed by atoms with Crippen molar-refractivity contribution in [3.8, 4) is 0 Å². The minimum atomic E-state index is -0.282. The second-order valence-electron chi connectivity index (χ2n) is 3.74. The maximum atomic E-state index is 11.7. The van der Waals surface area contributed by atoms with E-state index in [2.05, 4.69) is 15.6 Å². The molecule has 18 heavy (non-hydrogen) atoms. The van der Waals surface area contributed by atoms with Gasteiger partial charge in [-0.15, -0.1) is 0 Å². The van der Waals surface area contributed by atoms with Gasteiger partial charge >= 0.3 is 0 Å². The third kappa shape index (κ3) is 4.54.